The Morgan fingerprint density at radius 1 is 0.903 bits per heavy atom. The first-order valence-electron chi connectivity index (χ1n) is 10.9. The smallest absolute Gasteiger partial charge is 0.446 e. The van der Waals surface area contributed by atoms with E-state index in [9.17, 15) is 13.2 Å². The molecule has 2 nitrogen and oxygen atoms in total. The van der Waals surface area contributed by atoms with Crippen molar-refractivity contribution < 1.29 is 22.7 Å². The summed E-state index contributed by atoms with van der Waals surface area (Å²) < 4.78 is 37.2. The van der Waals surface area contributed by atoms with Gasteiger partial charge in [-0.05, 0) is 92.0 Å². The monoisotopic (exact) mass is 432 g/mol. The van der Waals surface area contributed by atoms with Gasteiger partial charge in [-0.15, -0.1) is 0 Å². The zero-order chi connectivity index (χ0) is 22.6. The van der Waals surface area contributed by atoms with Crippen molar-refractivity contribution in [3.8, 4) is 11.5 Å². The van der Waals surface area contributed by atoms with Gasteiger partial charge in [0.25, 0.3) is 0 Å². The lowest BCUT2D eigenvalue weighted by molar-refractivity contribution is -0.156. The molecule has 2 atom stereocenters. The lowest BCUT2D eigenvalue weighted by Crippen LogP contribution is -2.38. The van der Waals surface area contributed by atoms with Crippen molar-refractivity contribution in [2.24, 2.45) is 17.8 Å². The van der Waals surface area contributed by atoms with E-state index in [1.165, 1.54) is 43.2 Å². The van der Waals surface area contributed by atoms with Crippen LogP contribution in [0, 0.1) is 24.7 Å². The maximum Gasteiger partial charge on any atom is 0.446 e. The van der Waals surface area contributed by atoms with Crippen LogP contribution < -0.4 is 4.74 Å². The van der Waals surface area contributed by atoms with Crippen LogP contribution in [0.3, 0.4) is 0 Å². The summed E-state index contributed by atoms with van der Waals surface area (Å²) in [6.45, 7) is 7.02. The molecule has 2 aliphatic carbocycles. The first-order valence-corrected chi connectivity index (χ1v) is 10.9. The number of carbonyl (C=O) groups is 1. The first kappa shape index (κ1) is 23.4. The molecule has 2 saturated carbocycles. The molecule has 0 heterocycles. The van der Waals surface area contributed by atoms with Crippen molar-refractivity contribution in [2.45, 2.75) is 64.5 Å². The number of alkyl halides is 3. The fraction of sp³-hybridized carbons (Fsp3) is 0.500. The molecule has 0 saturated heterocycles. The third kappa shape index (κ3) is 6.59. The average molecular weight is 433 g/mol. The lowest BCUT2D eigenvalue weighted by atomic mass is 9.58. The van der Waals surface area contributed by atoms with E-state index in [0.717, 1.165) is 29.3 Å². The number of halogens is 3. The van der Waals surface area contributed by atoms with E-state index in [-0.39, 0.29) is 0 Å². The number of aldehydes is 1. The van der Waals surface area contributed by atoms with Gasteiger partial charge in [0.05, 0.1) is 0 Å². The summed E-state index contributed by atoms with van der Waals surface area (Å²) in [4.78, 5) is 8.70. The standard InChI is InChI=1S/C24H30O.C2HF3O/c1-17-4-8-22(9-5-17)25-23-10-6-21(7-11-23)24(3)15-19-12-18(2)13-20(14-19)16-24;3-2(4,5)1-6/h4-11,18-20H,12-16H2,1-3H3;1H. The van der Waals surface area contributed by atoms with Gasteiger partial charge in [0.2, 0.25) is 6.29 Å². The SMILES string of the molecule is Cc1ccc(Oc2ccc(C3(C)CC4CC(C)CC(C4)C3)cc2)cc1.O=CC(F)(F)F. The lowest BCUT2D eigenvalue weighted by Gasteiger charge is -2.47. The van der Waals surface area contributed by atoms with Crippen molar-refractivity contribution in [3.63, 3.8) is 0 Å². The van der Waals surface area contributed by atoms with Crippen LogP contribution in [0.25, 0.3) is 0 Å². The van der Waals surface area contributed by atoms with Gasteiger partial charge < -0.3 is 4.74 Å². The second kappa shape index (κ2) is 9.46. The van der Waals surface area contributed by atoms with Gasteiger partial charge in [0.1, 0.15) is 11.5 Å². The molecule has 0 spiro atoms. The fourth-order valence-electron chi connectivity index (χ4n) is 5.49. The maximum atomic E-state index is 10.4. The van der Waals surface area contributed by atoms with Crippen LogP contribution in [0.15, 0.2) is 48.5 Å². The Balaban J connectivity index is 0.000000401. The van der Waals surface area contributed by atoms with Crippen LogP contribution in [0.2, 0.25) is 0 Å². The van der Waals surface area contributed by atoms with Crippen molar-refractivity contribution in [3.05, 3.63) is 59.7 Å². The Hall–Kier alpha value is -2.30. The Morgan fingerprint density at radius 3 is 1.81 bits per heavy atom. The summed E-state index contributed by atoms with van der Waals surface area (Å²) in [5.74, 6) is 4.62. The van der Waals surface area contributed by atoms with E-state index >= 15 is 0 Å². The number of aryl methyl sites for hydroxylation is 1. The molecule has 5 heteroatoms. The Labute approximate surface area is 182 Å². The van der Waals surface area contributed by atoms with E-state index in [4.69, 9.17) is 9.53 Å². The van der Waals surface area contributed by atoms with Crippen LogP contribution in [-0.4, -0.2) is 12.5 Å². The molecule has 4 rings (SSSR count). The molecule has 2 unspecified atom stereocenters. The van der Waals surface area contributed by atoms with E-state index < -0.39 is 12.5 Å². The van der Waals surface area contributed by atoms with Gasteiger partial charge in [0.15, 0.2) is 0 Å². The second-order valence-electron chi connectivity index (χ2n) is 9.61. The Bertz CT molecular complexity index is 838. The molecule has 0 aliphatic heterocycles. The van der Waals surface area contributed by atoms with Crippen molar-refractivity contribution in [1.29, 1.82) is 0 Å². The van der Waals surface area contributed by atoms with Gasteiger partial charge >= 0.3 is 6.18 Å². The highest BCUT2D eigenvalue weighted by Gasteiger charge is 2.41. The van der Waals surface area contributed by atoms with Gasteiger partial charge in [0, 0.05) is 0 Å². The molecule has 0 radical (unpaired) electrons. The molecule has 0 aromatic heterocycles. The minimum Gasteiger partial charge on any atom is -0.457 e. The highest BCUT2D eigenvalue weighted by Crippen LogP contribution is 2.51. The van der Waals surface area contributed by atoms with Crippen LogP contribution in [0.1, 0.15) is 57.1 Å². The molecule has 2 aliphatic rings. The minimum atomic E-state index is -4.64. The predicted molar refractivity (Wildman–Crippen MR) is 116 cm³/mol. The van der Waals surface area contributed by atoms with Crippen LogP contribution in [0.5, 0.6) is 11.5 Å². The summed E-state index contributed by atoms with van der Waals surface area (Å²) in [5, 5.41) is 0. The summed E-state index contributed by atoms with van der Waals surface area (Å²) in [7, 11) is 0. The summed E-state index contributed by atoms with van der Waals surface area (Å²) in [5.41, 5.74) is 3.09. The largest absolute Gasteiger partial charge is 0.457 e. The molecule has 2 aromatic carbocycles. The van der Waals surface area contributed by atoms with Crippen molar-refractivity contribution >= 4 is 6.29 Å². The zero-order valence-corrected chi connectivity index (χ0v) is 18.4. The predicted octanol–water partition coefficient (Wildman–Crippen LogP) is 7.64. The fourth-order valence-corrected chi connectivity index (χ4v) is 5.49. The molecule has 0 amide bonds. The van der Waals surface area contributed by atoms with Gasteiger partial charge in [-0.2, -0.15) is 13.2 Å². The minimum absolute atomic E-state index is 0.343. The number of carbonyl (C=O) groups excluding carboxylic acids is 1. The molecule has 2 bridgehead atoms. The molecular weight excluding hydrogens is 401 g/mol. The van der Waals surface area contributed by atoms with Crippen molar-refractivity contribution in [2.75, 3.05) is 0 Å². The van der Waals surface area contributed by atoms with E-state index in [2.05, 4.69) is 57.2 Å². The van der Waals surface area contributed by atoms with E-state index in [0.29, 0.717) is 5.41 Å². The third-order valence-corrected chi connectivity index (χ3v) is 6.56. The maximum absolute atomic E-state index is 10.4. The second-order valence-corrected chi connectivity index (χ2v) is 9.61. The quantitative estimate of drug-likeness (QED) is 0.466. The molecule has 2 aromatic rings. The summed E-state index contributed by atoms with van der Waals surface area (Å²) >= 11 is 0. The number of rotatable bonds is 3. The molecule has 2 fully saturated rings. The topological polar surface area (TPSA) is 26.3 Å². The number of hydrogen-bond donors (Lipinski definition) is 0. The van der Waals surface area contributed by atoms with E-state index in [1.807, 2.05) is 12.1 Å². The Morgan fingerprint density at radius 2 is 1.35 bits per heavy atom. The highest BCUT2D eigenvalue weighted by molar-refractivity contribution is 5.56. The van der Waals surface area contributed by atoms with E-state index in [1.54, 1.807) is 0 Å². The number of fused-ring (bicyclic) bond motifs is 2. The molecule has 0 N–H and O–H groups in total. The zero-order valence-electron chi connectivity index (χ0n) is 18.4. The van der Waals surface area contributed by atoms with Crippen molar-refractivity contribution in [1.82, 2.24) is 0 Å². The first-order chi connectivity index (χ1) is 14.6. The number of hydrogen-bond acceptors (Lipinski definition) is 2. The van der Waals surface area contributed by atoms with Crippen LogP contribution in [-0.2, 0) is 10.2 Å². The van der Waals surface area contributed by atoms with Gasteiger partial charge in [-0.25, -0.2) is 0 Å². The normalized spacial score (nSPS) is 27.6. The molecule has 31 heavy (non-hydrogen) atoms. The molecular formula is C26H31F3O2. The van der Waals surface area contributed by atoms with Gasteiger partial charge in [-0.1, -0.05) is 43.7 Å². The van der Waals surface area contributed by atoms with Gasteiger partial charge in [-0.3, -0.25) is 4.79 Å². The molecule has 168 valence electrons. The number of ether oxygens (including phenoxy) is 1. The third-order valence-electron chi connectivity index (χ3n) is 6.56. The summed E-state index contributed by atoms with van der Waals surface area (Å²) in [6, 6.07) is 17.1. The average Bonchev–Trinajstić information content (AvgIpc) is 2.69. The number of benzene rings is 2. The van der Waals surface area contributed by atoms with Crippen LogP contribution in [0.4, 0.5) is 13.2 Å². The Kier molecular flexibility index (Phi) is 7.13. The van der Waals surface area contributed by atoms with Crippen LogP contribution >= 0.6 is 0 Å². The highest BCUT2D eigenvalue weighted by atomic mass is 19.4. The summed E-state index contributed by atoms with van der Waals surface area (Å²) in [6.07, 6.45) is 1.33.